The Bertz CT molecular complexity index is 627. The lowest BCUT2D eigenvalue weighted by Crippen LogP contribution is -2.37. The highest BCUT2D eigenvalue weighted by Gasteiger charge is 2.29. The van der Waals surface area contributed by atoms with E-state index in [9.17, 15) is 9.90 Å². The van der Waals surface area contributed by atoms with Crippen LogP contribution in [0.4, 0.5) is 0 Å². The van der Waals surface area contributed by atoms with Gasteiger partial charge in [-0.15, -0.1) is 0 Å². The third-order valence-electron chi connectivity index (χ3n) is 5.12. The van der Waals surface area contributed by atoms with Crippen LogP contribution in [0.15, 0.2) is 18.2 Å². The fourth-order valence-electron chi connectivity index (χ4n) is 3.50. The molecule has 0 saturated heterocycles. The van der Waals surface area contributed by atoms with Crippen LogP contribution in [0.1, 0.15) is 45.6 Å². The maximum atomic E-state index is 11.7. The molecule has 3 atom stereocenters. The summed E-state index contributed by atoms with van der Waals surface area (Å²) in [5.41, 5.74) is 0.956. The second kappa shape index (κ2) is 9.42. The minimum absolute atomic E-state index is 0.0783. The van der Waals surface area contributed by atoms with Gasteiger partial charge in [-0.25, -0.2) is 0 Å². The van der Waals surface area contributed by atoms with Crippen LogP contribution in [-0.2, 0) is 10.2 Å². The number of hydrogen-bond acceptors (Lipinski definition) is 5. The highest BCUT2D eigenvalue weighted by atomic mass is 16.5. The zero-order valence-electron chi connectivity index (χ0n) is 17.2. The van der Waals surface area contributed by atoms with Crippen molar-refractivity contribution in [3.05, 3.63) is 23.8 Å². The van der Waals surface area contributed by atoms with E-state index in [4.69, 9.17) is 9.47 Å². The number of rotatable bonds is 8. The number of benzene rings is 1. The molecule has 1 aliphatic carbocycles. The van der Waals surface area contributed by atoms with E-state index in [2.05, 4.69) is 31.4 Å². The van der Waals surface area contributed by atoms with E-state index in [1.807, 2.05) is 18.2 Å². The van der Waals surface area contributed by atoms with E-state index in [1.54, 1.807) is 14.2 Å². The first kappa shape index (κ1) is 21.5. The zero-order chi connectivity index (χ0) is 20.0. The molecule has 1 aliphatic rings. The molecule has 0 aliphatic heterocycles. The first-order valence-corrected chi connectivity index (χ1v) is 9.69. The molecule has 1 unspecified atom stereocenters. The van der Waals surface area contributed by atoms with E-state index < -0.39 is 6.10 Å². The Morgan fingerprint density at radius 1 is 1.33 bits per heavy atom. The number of aliphatic hydroxyl groups excluding tert-OH is 1. The summed E-state index contributed by atoms with van der Waals surface area (Å²) in [4.78, 5) is 11.7. The molecule has 152 valence electrons. The molecule has 1 fully saturated rings. The Labute approximate surface area is 162 Å². The predicted molar refractivity (Wildman–Crippen MR) is 106 cm³/mol. The van der Waals surface area contributed by atoms with E-state index in [-0.39, 0.29) is 29.9 Å². The van der Waals surface area contributed by atoms with Crippen LogP contribution >= 0.6 is 0 Å². The SMILES string of the molecule is CNC(=O)[C@@H]1CC[C@H](NCC(O)COc2ccc(OC)cc2C(C)(C)C)C1. The second-order valence-corrected chi connectivity index (χ2v) is 8.31. The maximum absolute atomic E-state index is 11.7. The Morgan fingerprint density at radius 3 is 2.70 bits per heavy atom. The van der Waals surface area contributed by atoms with Gasteiger partial charge in [0.1, 0.15) is 24.2 Å². The van der Waals surface area contributed by atoms with Gasteiger partial charge in [0, 0.05) is 31.1 Å². The van der Waals surface area contributed by atoms with Gasteiger partial charge in [0.2, 0.25) is 5.91 Å². The maximum Gasteiger partial charge on any atom is 0.222 e. The van der Waals surface area contributed by atoms with Crippen LogP contribution < -0.4 is 20.1 Å². The molecular weight excluding hydrogens is 344 g/mol. The molecule has 0 aromatic heterocycles. The number of hydrogen-bond donors (Lipinski definition) is 3. The van der Waals surface area contributed by atoms with Gasteiger partial charge in [-0.3, -0.25) is 4.79 Å². The zero-order valence-corrected chi connectivity index (χ0v) is 17.2. The van der Waals surface area contributed by atoms with E-state index in [0.29, 0.717) is 6.54 Å². The Morgan fingerprint density at radius 2 is 2.07 bits per heavy atom. The summed E-state index contributed by atoms with van der Waals surface area (Å²) >= 11 is 0. The average Bonchev–Trinajstić information content (AvgIpc) is 3.12. The van der Waals surface area contributed by atoms with Crippen LogP contribution in [0.2, 0.25) is 0 Å². The molecule has 0 spiro atoms. The Hall–Kier alpha value is -1.79. The topological polar surface area (TPSA) is 79.8 Å². The highest BCUT2D eigenvalue weighted by molar-refractivity contribution is 5.78. The number of amides is 1. The molecule has 3 N–H and O–H groups in total. The van der Waals surface area contributed by atoms with Crippen molar-refractivity contribution in [2.75, 3.05) is 27.3 Å². The van der Waals surface area contributed by atoms with Crippen molar-refractivity contribution >= 4 is 5.91 Å². The van der Waals surface area contributed by atoms with Crippen LogP contribution in [0.5, 0.6) is 11.5 Å². The summed E-state index contributed by atoms with van der Waals surface area (Å²) in [5, 5.41) is 16.4. The first-order valence-electron chi connectivity index (χ1n) is 9.69. The van der Waals surface area contributed by atoms with Gasteiger partial charge in [-0.1, -0.05) is 20.8 Å². The number of nitrogens with one attached hydrogen (secondary N) is 2. The summed E-state index contributed by atoms with van der Waals surface area (Å²) in [6, 6.07) is 6.02. The van der Waals surface area contributed by atoms with Crippen molar-refractivity contribution in [3.63, 3.8) is 0 Å². The number of carbonyl (C=O) groups is 1. The van der Waals surface area contributed by atoms with E-state index in [1.165, 1.54) is 0 Å². The predicted octanol–water partition coefficient (Wildman–Crippen LogP) is 2.24. The van der Waals surface area contributed by atoms with Gasteiger partial charge in [0.25, 0.3) is 0 Å². The highest BCUT2D eigenvalue weighted by Crippen LogP contribution is 2.34. The van der Waals surface area contributed by atoms with Gasteiger partial charge in [-0.05, 0) is 42.9 Å². The van der Waals surface area contributed by atoms with Crippen LogP contribution in [0.25, 0.3) is 0 Å². The fraction of sp³-hybridized carbons (Fsp3) is 0.667. The van der Waals surface area contributed by atoms with Crippen molar-refractivity contribution in [1.29, 1.82) is 0 Å². The molecule has 27 heavy (non-hydrogen) atoms. The molecule has 1 aromatic rings. The van der Waals surface area contributed by atoms with Crippen molar-refractivity contribution in [2.24, 2.45) is 5.92 Å². The van der Waals surface area contributed by atoms with Crippen molar-refractivity contribution in [3.8, 4) is 11.5 Å². The van der Waals surface area contributed by atoms with Gasteiger partial charge in [0.15, 0.2) is 0 Å². The lowest BCUT2D eigenvalue weighted by molar-refractivity contribution is -0.124. The molecular formula is C21H34N2O4. The molecule has 0 radical (unpaired) electrons. The van der Waals surface area contributed by atoms with Crippen LogP contribution in [-0.4, -0.2) is 50.5 Å². The minimum atomic E-state index is -0.612. The smallest absolute Gasteiger partial charge is 0.222 e. The summed E-state index contributed by atoms with van der Waals surface area (Å²) < 4.78 is 11.2. The van der Waals surface area contributed by atoms with Crippen molar-refractivity contribution in [2.45, 2.75) is 57.6 Å². The van der Waals surface area contributed by atoms with Gasteiger partial charge >= 0.3 is 0 Å². The molecule has 1 saturated carbocycles. The average molecular weight is 379 g/mol. The standard InChI is InChI=1S/C21H34N2O4/c1-21(2,3)18-11-17(26-5)8-9-19(18)27-13-16(24)12-23-15-7-6-14(10-15)20(25)22-4/h8-9,11,14-16,23-24H,6-7,10,12-13H2,1-5H3,(H,22,25)/t14-,15+,16?/m1/s1. The van der Waals surface area contributed by atoms with Gasteiger partial charge in [0.05, 0.1) is 7.11 Å². The number of aliphatic hydroxyl groups is 1. The third kappa shape index (κ3) is 6.11. The molecule has 0 heterocycles. The van der Waals surface area contributed by atoms with Crippen molar-refractivity contribution < 1.29 is 19.4 Å². The molecule has 1 amide bonds. The second-order valence-electron chi connectivity index (χ2n) is 8.31. The van der Waals surface area contributed by atoms with Gasteiger partial charge in [-0.2, -0.15) is 0 Å². The molecule has 1 aromatic carbocycles. The molecule has 0 bridgehead atoms. The lowest BCUT2D eigenvalue weighted by atomic mass is 9.86. The normalized spacial score (nSPS) is 21.0. The van der Waals surface area contributed by atoms with E-state index >= 15 is 0 Å². The van der Waals surface area contributed by atoms with Crippen LogP contribution in [0.3, 0.4) is 0 Å². The number of carbonyl (C=O) groups excluding carboxylic acids is 1. The number of methoxy groups -OCH3 is 1. The number of ether oxygens (including phenoxy) is 2. The fourth-order valence-corrected chi connectivity index (χ4v) is 3.50. The summed E-state index contributed by atoms with van der Waals surface area (Å²) in [6.45, 7) is 7.03. The Kier molecular flexibility index (Phi) is 7.50. The van der Waals surface area contributed by atoms with E-state index in [0.717, 1.165) is 36.3 Å². The monoisotopic (exact) mass is 378 g/mol. The molecule has 2 rings (SSSR count). The quantitative estimate of drug-likeness (QED) is 0.646. The van der Waals surface area contributed by atoms with Gasteiger partial charge < -0.3 is 25.2 Å². The largest absolute Gasteiger partial charge is 0.497 e. The lowest BCUT2D eigenvalue weighted by Gasteiger charge is -2.24. The van der Waals surface area contributed by atoms with Crippen LogP contribution in [0, 0.1) is 5.92 Å². The Balaban J connectivity index is 1.84. The third-order valence-corrected chi connectivity index (χ3v) is 5.12. The first-order chi connectivity index (χ1) is 12.7. The summed E-state index contributed by atoms with van der Waals surface area (Å²) in [7, 11) is 3.32. The minimum Gasteiger partial charge on any atom is -0.497 e. The summed E-state index contributed by atoms with van der Waals surface area (Å²) in [6.07, 6.45) is 2.06. The van der Waals surface area contributed by atoms with Crippen molar-refractivity contribution in [1.82, 2.24) is 10.6 Å². The molecule has 6 nitrogen and oxygen atoms in total. The molecule has 6 heteroatoms. The summed E-state index contributed by atoms with van der Waals surface area (Å²) in [5.74, 6) is 1.75.